The molecule has 0 aromatic heterocycles. The first-order valence-corrected chi connectivity index (χ1v) is 6.06. The van der Waals surface area contributed by atoms with E-state index in [0.717, 1.165) is 6.42 Å². The predicted molar refractivity (Wildman–Crippen MR) is 69.1 cm³/mol. The first-order chi connectivity index (χ1) is 8.95. The van der Waals surface area contributed by atoms with Crippen LogP contribution in [0.3, 0.4) is 0 Å². The first-order valence-electron chi connectivity index (χ1n) is 6.06. The van der Waals surface area contributed by atoms with Crippen LogP contribution < -0.4 is 15.8 Å². The monoisotopic (exact) mass is 272 g/mol. The minimum atomic E-state index is -2.94. The molecule has 19 heavy (non-hydrogen) atoms. The van der Waals surface area contributed by atoms with E-state index in [0.29, 0.717) is 0 Å². The fraction of sp³-hybridized carbons (Fsp3) is 0.462. The summed E-state index contributed by atoms with van der Waals surface area (Å²) in [4.78, 5) is 11.9. The van der Waals surface area contributed by atoms with Crippen molar-refractivity contribution < 1.29 is 18.3 Å². The van der Waals surface area contributed by atoms with Gasteiger partial charge in [-0.15, -0.1) is 0 Å². The number of carbonyl (C=O) groups is 1. The van der Waals surface area contributed by atoms with E-state index in [9.17, 15) is 13.6 Å². The van der Waals surface area contributed by atoms with Crippen molar-refractivity contribution >= 4 is 11.6 Å². The van der Waals surface area contributed by atoms with Crippen molar-refractivity contribution in [2.75, 3.05) is 5.32 Å². The first kappa shape index (κ1) is 15.4. The van der Waals surface area contributed by atoms with E-state index in [-0.39, 0.29) is 17.4 Å². The molecular weight excluding hydrogens is 254 g/mol. The SMILES string of the molecule is CCC(C)C(N)C(=O)Nc1ccccc1OC(F)F. The van der Waals surface area contributed by atoms with Gasteiger partial charge in [-0.2, -0.15) is 8.78 Å². The van der Waals surface area contributed by atoms with Gasteiger partial charge in [-0.05, 0) is 18.1 Å². The molecule has 0 aliphatic carbocycles. The Hall–Kier alpha value is -1.69. The molecule has 0 bridgehead atoms. The summed E-state index contributed by atoms with van der Waals surface area (Å²) in [6, 6.07) is 5.31. The van der Waals surface area contributed by atoms with Crippen LogP contribution in [0.5, 0.6) is 5.75 Å². The fourth-order valence-corrected chi connectivity index (χ4v) is 1.50. The third-order valence-electron chi connectivity index (χ3n) is 2.92. The van der Waals surface area contributed by atoms with Crippen LogP contribution in [0.2, 0.25) is 0 Å². The topological polar surface area (TPSA) is 64.4 Å². The van der Waals surface area contributed by atoms with Gasteiger partial charge in [0.15, 0.2) is 0 Å². The third-order valence-corrected chi connectivity index (χ3v) is 2.92. The second kappa shape index (κ2) is 7.04. The molecule has 0 aliphatic rings. The number of nitrogens with two attached hydrogens (primary N) is 1. The molecule has 0 fully saturated rings. The van der Waals surface area contributed by atoms with Gasteiger partial charge >= 0.3 is 6.61 Å². The lowest BCUT2D eigenvalue weighted by Crippen LogP contribution is -2.40. The number of hydrogen-bond acceptors (Lipinski definition) is 3. The number of rotatable bonds is 6. The van der Waals surface area contributed by atoms with Gasteiger partial charge in [-0.1, -0.05) is 32.4 Å². The molecule has 0 radical (unpaired) electrons. The van der Waals surface area contributed by atoms with Crippen molar-refractivity contribution in [3.05, 3.63) is 24.3 Å². The van der Waals surface area contributed by atoms with E-state index in [1.807, 2.05) is 13.8 Å². The van der Waals surface area contributed by atoms with Crippen LogP contribution in [0.25, 0.3) is 0 Å². The lowest BCUT2D eigenvalue weighted by Gasteiger charge is -2.19. The van der Waals surface area contributed by atoms with Crippen LogP contribution in [-0.4, -0.2) is 18.6 Å². The molecule has 0 spiro atoms. The average Bonchev–Trinajstić information content (AvgIpc) is 2.38. The number of nitrogens with one attached hydrogen (secondary N) is 1. The lowest BCUT2D eigenvalue weighted by molar-refractivity contribution is -0.118. The van der Waals surface area contributed by atoms with Crippen molar-refractivity contribution in [3.8, 4) is 5.75 Å². The van der Waals surface area contributed by atoms with Crippen LogP contribution in [0, 0.1) is 5.92 Å². The molecule has 1 aromatic rings. The molecule has 6 heteroatoms. The van der Waals surface area contributed by atoms with Crippen molar-refractivity contribution in [1.82, 2.24) is 0 Å². The van der Waals surface area contributed by atoms with Crippen molar-refractivity contribution in [3.63, 3.8) is 0 Å². The molecule has 0 heterocycles. The molecule has 4 nitrogen and oxygen atoms in total. The summed E-state index contributed by atoms with van der Waals surface area (Å²) in [6.07, 6.45) is 0.754. The number of carbonyl (C=O) groups excluding carboxylic acids is 1. The van der Waals surface area contributed by atoms with Gasteiger partial charge in [0.05, 0.1) is 11.7 Å². The Labute approximate surface area is 110 Å². The Morgan fingerprint density at radius 3 is 2.63 bits per heavy atom. The number of benzene rings is 1. The molecule has 106 valence electrons. The highest BCUT2D eigenvalue weighted by Crippen LogP contribution is 2.25. The summed E-state index contributed by atoms with van der Waals surface area (Å²) in [5.74, 6) is -0.495. The minimum absolute atomic E-state index is 0.00294. The second-order valence-electron chi connectivity index (χ2n) is 4.28. The Morgan fingerprint density at radius 2 is 2.05 bits per heavy atom. The maximum Gasteiger partial charge on any atom is 0.387 e. The quantitative estimate of drug-likeness (QED) is 0.836. The van der Waals surface area contributed by atoms with Gasteiger partial charge < -0.3 is 15.8 Å². The predicted octanol–water partition coefficient (Wildman–Crippen LogP) is 2.60. The van der Waals surface area contributed by atoms with Crippen LogP contribution in [-0.2, 0) is 4.79 Å². The lowest BCUT2D eigenvalue weighted by atomic mass is 9.99. The number of para-hydroxylation sites is 2. The zero-order valence-corrected chi connectivity index (χ0v) is 10.9. The zero-order valence-electron chi connectivity index (χ0n) is 10.9. The summed E-state index contributed by atoms with van der Waals surface area (Å²) >= 11 is 0. The molecule has 2 atom stereocenters. The van der Waals surface area contributed by atoms with Crippen LogP contribution in [0.4, 0.5) is 14.5 Å². The molecule has 0 aliphatic heterocycles. The van der Waals surface area contributed by atoms with E-state index in [4.69, 9.17) is 5.73 Å². The normalized spacial score (nSPS) is 14.0. The number of anilines is 1. The maximum atomic E-state index is 12.2. The summed E-state index contributed by atoms with van der Waals surface area (Å²) in [6.45, 7) is 0.832. The summed E-state index contributed by atoms with van der Waals surface area (Å²) in [7, 11) is 0. The number of ether oxygens (including phenoxy) is 1. The van der Waals surface area contributed by atoms with E-state index in [2.05, 4.69) is 10.1 Å². The minimum Gasteiger partial charge on any atom is -0.433 e. The third kappa shape index (κ3) is 4.48. The van der Waals surface area contributed by atoms with Crippen LogP contribution >= 0.6 is 0 Å². The molecule has 0 saturated carbocycles. The van der Waals surface area contributed by atoms with E-state index in [1.165, 1.54) is 12.1 Å². The molecular formula is C13H18F2N2O2. The highest BCUT2D eigenvalue weighted by Gasteiger charge is 2.20. The summed E-state index contributed by atoms with van der Waals surface area (Å²) < 4.78 is 28.8. The molecule has 0 saturated heterocycles. The van der Waals surface area contributed by atoms with E-state index >= 15 is 0 Å². The van der Waals surface area contributed by atoms with Gasteiger partial charge in [0.1, 0.15) is 5.75 Å². The molecule has 3 N–H and O–H groups in total. The standard InChI is InChI=1S/C13H18F2N2O2/c1-3-8(2)11(16)12(18)17-9-6-4-5-7-10(9)19-13(14)15/h4-8,11,13H,3,16H2,1-2H3,(H,17,18). The van der Waals surface area contributed by atoms with Crippen molar-refractivity contribution in [2.45, 2.75) is 32.9 Å². The molecule has 2 unspecified atom stereocenters. The van der Waals surface area contributed by atoms with Gasteiger partial charge in [-0.25, -0.2) is 0 Å². The number of alkyl halides is 2. The number of hydrogen-bond donors (Lipinski definition) is 2. The summed E-state index contributed by atoms with van der Waals surface area (Å²) in [5, 5.41) is 2.51. The largest absolute Gasteiger partial charge is 0.433 e. The van der Waals surface area contributed by atoms with E-state index < -0.39 is 18.6 Å². The zero-order chi connectivity index (χ0) is 14.4. The van der Waals surface area contributed by atoms with Crippen molar-refractivity contribution in [1.29, 1.82) is 0 Å². The second-order valence-corrected chi connectivity index (χ2v) is 4.28. The van der Waals surface area contributed by atoms with Gasteiger partial charge in [0.2, 0.25) is 5.91 Å². The van der Waals surface area contributed by atoms with Crippen LogP contribution in [0.15, 0.2) is 24.3 Å². The summed E-state index contributed by atoms with van der Waals surface area (Å²) in [5.41, 5.74) is 5.96. The van der Waals surface area contributed by atoms with Crippen molar-refractivity contribution in [2.24, 2.45) is 11.7 Å². The van der Waals surface area contributed by atoms with Gasteiger partial charge in [0, 0.05) is 0 Å². The fourth-order valence-electron chi connectivity index (χ4n) is 1.50. The maximum absolute atomic E-state index is 12.2. The molecule has 1 amide bonds. The van der Waals surface area contributed by atoms with Gasteiger partial charge in [0.25, 0.3) is 0 Å². The average molecular weight is 272 g/mol. The van der Waals surface area contributed by atoms with Gasteiger partial charge in [-0.3, -0.25) is 4.79 Å². The Balaban J connectivity index is 2.79. The Bertz CT molecular complexity index is 427. The molecule has 1 rings (SSSR count). The molecule has 1 aromatic carbocycles. The smallest absolute Gasteiger partial charge is 0.387 e. The Morgan fingerprint density at radius 1 is 1.42 bits per heavy atom. The number of halogens is 2. The Kier molecular flexibility index (Phi) is 5.69. The highest BCUT2D eigenvalue weighted by atomic mass is 19.3. The number of amides is 1. The highest BCUT2D eigenvalue weighted by molar-refractivity contribution is 5.96. The van der Waals surface area contributed by atoms with Crippen LogP contribution in [0.1, 0.15) is 20.3 Å². The van der Waals surface area contributed by atoms with E-state index in [1.54, 1.807) is 12.1 Å².